The van der Waals surface area contributed by atoms with E-state index in [1.54, 1.807) is 0 Å². The summed E-state index contributed by atoms with van der Waals surface area (Å²) < 4.78 is 38.3. The molecule has 9 heteroatoms. The van der Waals surface area contributed by atoms with Crippen LogP contribution in [0.3, 0.4) is 0 Å². The molecule has 0 unspecified atom stereocenters. The average molecular weight is 372 g/mol. The number of hydrogen-bond donors (Lipinski definition) is 2. The number of nitrogens with one attached hydrogen (secondary N) is 1. The number of carboxylic acids is 1. The molecule has 0 atom stereocenters. The van der Waals surface area contributed by atoms with Gasteiger partial charge in [0.05, 0.1) is 25.9 Å². The fraction of sp³-hybridized carbons (Fsp3) is 0.562. The van der Waals surface area contributed by atoms with Gasteiger partial charge in [-0.25, -0.2) is 17.9 Å². The molecule has 1 aromatic carbocycles. The summed E-state index contributed by atoms with van der Waals surface area (Å²) in [6, 6.07) is 3.74. The second-order valence-corrected chi connectivity index (χ2v) is 8.14. The standard InChI is InChI=1S/C16H24N2O6S/c1-16(2,18-6-8-24-9-7-18)11-17-25(21,22)14-10-12(15(19)20)4-5-13(14)23-3/h4-5,10,17H,6-9,11H2,1-3H3,(H,19,20). The summed E-state index contributed by atoms with van der Waals surface area (Å²) in [4.78, 5) is 13.1. The number of hydrogen-bond acceptors (Lipinski definition) is 6. The number of rotatable bonds is 7. The summed E-state index contributed by atoms with van der Waals surface area (Å²) in [7, 11) is -2.59. The largest absolute Gasteiger partial charge is 0.495 e. The molecule has 0 saturated carbocycles. The fourth-order valence-corrected chi connectivity index (χ4v) is 4.05. The number of carboxylic acid groups (broad SMARTS) is 1. The average Bonchev–Trinajstić information content (AvgIpc) is 2.60. The van der Waals surface area contributed by atoms with Crippen LogP contribution in [0.25, 0.3) is 0 Å². The van der Waals surface area contributed by atoms with E-state index in [-0.39, 0.29) is 22.8 Å². The molecule has 25 heavy (non-hydrogen) atoms. The Labute approximate surface area is 147 Å². The van der Waals surface area contributed by atoms with Crippen LogP contribution < -0.4 is 9.46 Å². The number of sulfonamides is 1. The number of ether oxygens (including phenoxy) is 2. The Bertz CT molecular complexity index is 726. The highest BCUT2D eigenvalue weighted by Crippen LogP contribution is 2.25. The molecular formula is C16H24N2O6S. The monoisotopic (exact) mass is 372 g/mol. The molecule has 2 N–H and O–H groups in total. The first kappa shape index (κ1) is 19.6. The molecule has 2 rings (SSSR count). The van der Waals surface area contributed by atoms with Gasteiger partial charge in [-0.05, 0) is 32.0 Å². The third kappa shape index (κ3) is 4.69. The van der Waals surface area contributed by atoms with Gasteiger partial charge in [-0.15, -0.1) is 0 Å². The van der Waals surface area contributed by atoms with Crippen LogP contribution in [0.1, 0.15) is 24.2 Å². The van der Waals surface area contributed by atoms with Gasteiger partial charge < -0.3 is 14.6 Å². The highest BCUT2D eigenvalue weighted by Gasteiger charge is 2.31. The summed E-state index contributed by atoms with van der Waals surface area (Å²) in [5.41, 5.74) is -0.525. The third-order valence-electron chi connectivity index (χ3n) is 4.26. The van der Waals surface area contributed by atoms with E-state index in [0.29, 0.717) is 13.2 Å². The SMILES string of the molecule is COc1ccc(C(=O)O)cc1S(=O)(=O)NCC(C)(C)N1CCOCC1. The summed E-state index contributed by atoms with van der Waals surface area (Å²) in [5, 5.41) is 9.09. The lowest BCUT2D eigenvalue weighted by molar-refractivity contribution is -0.00803. The third-order valence-corrected chi connectivity index (χ3v) is 5.68. The molecule has 1 fully saturated rings. The van der Waals surface area contributed by atoms with Crippen molar-refractivity contribution in [2.24, 2.45) is 0 Å². The quantitative estimate of drug-likeness (QED) is 0.729. The minimum Gasteiger partial charge on any atom is -0.495 e. The van der Waals surface area contributed by atoms with Crippen LogP contribution in [0.15, 0.2) is 23.1 Å². The van der Waals surface area contributed by atoms with Crippen LogP contribution in [0.2, 0.25) is 0 Å². The van der Waals surface area contributed by atoms with E-state index < -0.39 is 21.5 Å². The van der Waals surface area contributed by atoms with Gasteiger partial charge in [0, 0.05) is 25.2 Å². The highest BCUT2D eigenvalue weighted by molar-refractivity contribution is 7.89. The number of methoxy groups -OCH3 is 1. The van der Waals surface area contributed by atoms with Crippen LogP contribution >= 0.6 is 0 Å². The predicted molar refractivity (Wildman–Crippen MR) is 91.6 cm³/mol. The van der Waals surface area contributed by atoms with E-state index in [1.165, 1.54) is 19.2 Å². The zero-order valence-electron chi connectivity index (χ0n) is 14.6. The van der Waals surface area contributed by atoms with E-state index in [1.807, 2.05) is 13.8 Å². The van der Waals surface area contributed by atoms with Gasteiger partial charge in [-0.1, -0.05) is 0 Å². The van der Waals surface area contributed by atoms with Crippen LogP contribution in [0.4, 0.5) is 0 Å². The molecule has 0 amide bonds. The fourth-order valence-electron chi connectivity index (χ4n) is 2.65. The second-order valence-electron chi connectivity index (χ2n) is 6.41. The first-order chi connectivity index (χ1) is 11.7. The molecule has 0 aromatic heterocycles. The summed E-state index contributed by atoms with van der Waals surface area (Å²) in [5.74, 6) is -1.10. The smallest absolute Gasteiger partial charge is 0.335 e. The first-order valence-corrected chi connectivity index (χ1v) is 9.39. The van der Waals surface area contributed by atoms with Crippen molar-refractivity contribution in [1.29, 1.82) is 0 Å². The van der Waals surface area contributed by atoms with Gasteiger partial charge >= 0.3 is 5.97 Å². The van der Waals surface area contributed by atoms with Crippen molar-refractivity contribution < 1.29 is 27.8 Å². The molecule has 0 aliphatic carbocycles. The van der Waals surface area contributed by atoms with Crippen LogP contribution in [-0.4, -0.2) is 69.9 Å². The van der Waals surface area contributed by atoms with Crippen molar-refractivity contribution in [3.63, 3.8) is 0 Å². The Balaban J connectivity index is 2.21. The molecule has 0 spiro atoms. The Morgan fingerprint density at radius 2 is 2.00 bits per heavy atom. The lowest BCUT2D eigenvalue weighted by Gasteiger charge is -2.40. The summed E-state index contributed by atoms with van der Waals surface area (Å²) in [6.07, 6.45) is 0. The molecule has 140 valence electrons. The first-order valence-electron chi connectivity index (χ1n) is 7.91. The van der Waals surface area contributed by atoms with Gasteiger partial charge in [0.1, 0.15) is 10.6 Å². The number of carbonyl (C=O) groups is 1. The second kappa shape index (κ2) is 7.69. The Hall–Kier alpha value is -1.68. The molecule has 1 aliphatic heterocycles. The minimum absolute atomic E-state index is 0.0988. The molecule has 0 radical (unpaired) electrons. The maximum atomic E-state index is 12.7. The van der Waals surface area contributed by atoms with Crippen molar-refractivity contribution in [3.05, 3.63) is 23.8 Å². The minimum atomic E-state index is -3.93. The Morgan fingerprint density at radius 3 is 2.56 bits per heavy atom. The Morgan fingerprint density at radius 1 is 1.36 bits per heavy atom. The van der Waals surface area contributed by atoms with Crippen molar-refractivity contribution in [1.82, 2.24) is 9.62 Å². The van der Waals surface area contributed by atoms with Crippen LogP contribution in [0.5, 0.6) is 5.75 Å². The zero-order valence-corrected chi connectivity index (χ0v) is 15.4. The molecular weight excluding hydrogens is 348 g/mol. The van der Waals surface area contributed by atoms with Crippen LogP contribution in [-0.2, 0) is 14.8 Å². The van der Waals surface area contributed by atoms with Gasteiger partial charge in [0.2, 0.25) is 10.0 Å². The van der Waals surface area contributed by atoms with E-state index in [9.17, 15) is 13.2 Å². The van der Waals surface area contributed by atoms with Gasteiger partial charge in [-0.3, -0.25) is 4.90 Å². The number of benzene rings is 1. The van der Waals surface area contributed by atoms with Gasteiger partial charge in [0.25, 0.3) is 0 Å². The topological polar surface area (TPSA) is 105 Å². The lowest BCUT2D eigenvalue weighted by Crippen LogP contribution is -2.55. The summed E-state index contributed by atoms with van der Waals surface area (Å²) >= 11 is 0. The van der Waals surface area contributed by atoms with Gasteiger partial charge in [0.15, 0.2) is 0 Å². The molecule has 1 saturated heterocycles. The molecule has 1 aliphatic rings. The molecule has 1 aromatic rings. The number of morpholine rings is 1. The maximum absolute atomic E-state index is 12.7. The highest BCUT2D eigenvalue weighted by atomic mass is 32.2. The van der Waals surface area contributed by atoms with Crippen molar-refractivity contribution >= 4 is 16.0 Å². The van der Waals surface area contributed by atoms with E-state index in [0.717, 1.165) is 19.2 Å². The van der Waals surface area contributed by atoms with E-state index in [2.05, 4.69) is 9.62 Å². The number of nitrogens with zero attached hydrogens (tertiary/aromatic N) is 1. The molecule has 0 bridgehead atoms. The predicted octanol–water partition coefficient (Wildman–Crippen LogP) is 0.782. The normalized spacial score (nSPS) is 16.6. The van der Waals surface area contributed by atoms with Crippen molar-refractivity contribution in [2.75, 3.05) is 40.0 Å². The molecule has 1 heterocycles. The van der Waals surface area contributed by atoms with Crippen LogP contribution in [0, 0.1) is 0 Å². The Kier molecular flexibility index (Phi) is 6.04. The van der Waals surface area contributed by atoms with Crippen molar-refractivity contribution in [2.45, 2.75) is 24.3 Å². The maximum Gasteiger partial charge on any atom is 0.335 e. The van der Waals surface area contributed by atoms with E-state index >= 15 is 0 Å². The van der Waals surface area contributed by atoms with E-state index in [4.69, 9.17) is 14.6 Å². The lowest BCUT2D eigenvalue weighted by atomic mass is 10.0. The molecule has 8 nitrogen and oxygen atoms in total. The number of aromatic carboxylic acids is 1. The zero-order chi connectivity index (χ0) is 18.7. The summed E-state index contributed by atoms with van der Waals surface area (Å²) in [6.45, 7) is 6.77. The van der Waals surface area contributed by atoms with Crippen molar-refractivity contribution in [3.8, 4) is 5.75 Å². The van der Waals surface area contributed by atoms with Gasteiger partial charge in [-0.2, -0.15) is 0 Å².